The molecule has 0 aliphatic heterocycles. The van der Waals surface area contributed by atoms with Gasteiger partial charge in [-0.1, -0.05) is 6.07 Å². The number of aliphatic imine (C=N–C) groups is 1. The van der Waals surface area contributed by atoms with Gasteiger partial charge in [-0.25, -0.2) is 9.98 Å². The summed E-state index contributed by atoms with van der Waals surface area (Å²) in [5, 5.41) is 3.15. The van der Waals surface area contributed by atoms with Crippen molar-refractivity contribution in [2.75, 3.05) is 13.6 Å². The van der Waals surface area contributed by atoms with Gasteiger partial charge in [0.05, 0.1) is 22.7 Å². The second kappa shape index (κ2) is 8.39. The van der Waals surface area contributed by atoms with Crippen molar-refractivity contribution in [1.29, 1.82) is 0 Å². The summed E-state index contributed by atoms with van der Waals surface area (Å²) in [7, 11) is 2.03. The Morgan fingerprint density at radius 3 is 2.63 bits per heavy atom. The van der Waals surface area contributed by atoms with Crippen molar-refractivity contribution in [3.63, 3.8) is 0 Å². The summed E-state index contributed by atoms with van der Waals surface area (Å²) in [5.74, 6) is 0. The predicted molar refractivity (Wildman–Crippen MR) is 113 cm³/mol. The lowest BCUT2D eigenvalue weighted by molar-refractivity contribution is 0.552. The second-order valence-corrected chi connectivity index (χ2v) is 7.62. The normalized spacial score (nSPS) is 11.3. The highest BCUT2D eigenvalue weighted by Gasteiger charge is 2.11. The van der Waals surface area contributed by atoms with E-state index in [0.29, 0.717) is 0 Å². The van der Waals surface area contributed by atoms with Gasteiger partial charge in [0.1, 0.15) is 11.4 Å². The van der Waals surface area contributed by atoms with E-state index in [0.717, 1.165) is 40.7 Å². The quantitative estimate of drug-likeness (QED) is 0.459. The Labute approximate surface area is 164 Å². The van der Waals surface area contributed by atoms with Crippen LogP contribution in [0.25, 0.3) is 11.4 Å². The third-order valence-electron chi connectivity index (χ3n) is 4.56. The third kappa shape index (κ3) is 4.57. The SMILES string of the molecule is CCN(C)/C=N/c1cc(C)c(Cc2nc(-c3nccnc3C)cs2)cc1C. The van der Waals surface area contributed by atoms with E-state index in [-0.39, 0.29) is 0 Å². The summed E-state index contributed by atoms with van der Waals surface area (Å²) in [6.07, 6.45) is 6.12. The molecule has 0 amide bonds. The van der Waals surface area contributed by atoms with E-state index in [1.54, 1.807) is 23.7 Å². The summed E-state index contributed by atoms with van der Waals surface area (Å²) in [6.45, 7) is 9.26. The van der Waals surface area contributed by atoms with Gasteiger partial charge in [0.2, 0.25) is 0 Å². The highest BCUT2D eigenvalue weighted by atomic mass is 32.1. The maximum Gasteiger partial charge on any atom is 0.111 e. The molecule has 27 heavy (non-hydrogen) atoms. The van der Waals surface area contributed by atoms with E-state index < -0.39 is 0 Å². The molecule has 0 fully saturated rings. The van der Waals surface area contributed by atoms with Gasteiger partial charge in [0.25, 0.3) is 0 Å². The van der Waals surface area contributed by atoms with E-state index in [2.05, 4.69) is 58.1 Å². The van der Waals surface area contributed by atoms with Gasteiger partial charge in [0, 0.05) is 37.8 Å². The topological polar surface area (TPSA) is 54.3 Å². The largest absolute Gasteiger partial charge is 0.366 e. The van der Waals surface area contributed by atoms with Crippen molar-refractivity contribution in [1.82, 2.24) is 19.9 Å². The molecule has 0 N–H and O–H groups in total. The van der Waals surface area contributed by atoms with Crippen molar-refractivity contribution < 1.29 is 0 Å². The summed E-state index contributed by atoms with van der Waals surface area (Å²) in [5.41, 5.74) is 7.38. The molecule has 0 saturated carbocycles. The van der Waals surface area contributed by atoms with E-state index in [9.17, 15) is 0 Å². The average molecular weight is 380 g/mol. The number of hydrogen-bond acceptors (Lipinski definition) is 5. The summed E-state index contributed by atoms with van der Waals surface area (Å²) in [6, 6.07) is 4.38. The van der Waals surface area contributed by atoms with E-state index >= 15 is 0 Å². The van der Waals surface area contributed by atoms with E-state index in [1.165, 1.54) is 16.7 Å². The maximum atomic E-state index is 4.78. The zero-order valence-corrected chi connectivity index (χ0v) is 17.3. The first-order valence-corrected chi connectivity index (χ1v) is 9.92. The monoisotopic (exact) mass is 379 g/mol. The molecule has 0 saturated heterocycles. The molecule has 0 unspecified atom stereocenters. The predicted octanol–water partition coefficient (Wildman–Crippen LogP) is 4.73. The van der Waals surface area contributed by atoms with Crippen LogP contribution in [0, 0.1) is 20.8 Å². The molecule has 6 heteroatoms. The molecule has 5 nitrogen and oxygen atoms in total. The molecule has 1 aromatic carbocycles. The Hall–Kier alpha value is -2.60. The third-order valence-corrected chi connectivity index (χ3v) is 5.41. The molecule has 0 bridgehead atoms. The Kier molecular flexibility index (Phi) is 5.96. The van der Waals surface area contributed by atoms with Crippen molar-refractivity contribution >= 4 is 23.4 Å². The molecular formula is C21H25N5S. The Morgan fingerprint density at radius 1 is 1.11 bits per heavy atom. The number of aryl methyl sites for hydroxylation is 3. The van der Waals surface area contributed by atoms with Gasteiger partial charge in [0.15, 0.2) is 0 Å². The van der Waals surface area contributed by atoms with Crippen molar-refractivity contribution in [3.8, 4) is 11.4 Å². The zero-order chi connectivity index (χ0) is 19.4. The first-order chi connectivity index (χ1) is 13.0. The van der Waals surface area contributed by atoms with Crippen LogP contribution < -0.4 is 0 Å². The van der Waals surface area contributed by atoms with Crippen LogP contribution in [0.3, 0.4) is 0 Å². The minimum Gasteiger partial charge on any atom is -0.366 e. The molecule has 0 aliphatic rings. The molecule has 2 aromatic heterocycles. The fourth-order valence-corrected chi connectivity index (χ4v) is 3.56. The number of hydrogen-bond donors (Lipinski definition) is 0. The Bertz CT molecular complexity index is 961. The molecule has 0 aliphatic carbocycles. The van der Waals surface area contributed by atoms with Gasteiger partial charge in [-0.3, -0.25) is 9.97 Å². The number of nitrogens with zero attached hydrogens (tertiary/aromatic N) is 5. The maximum absolute atomic E-state index is 4.78. The number of thiazole rings is 1. The molecule has 0 atom stereocenters. The van der Waals surface area contributed by atoms with Gasteiger partial charge < -0.3 is 4.90 Å². The van der Waals surface area contributed by atoms with Crippen LogP contribution in [0.2, 0.25) is 0 Å². The fraction of sp³-hybridized carbons (Fsp3) is 0.333. The molecule has 3 rings (SSSR count). The van der Waals surface area contributed by atoms with Crippen LogP contribution in [0.4, 0.5) is 5.69 Å². The van der Waals surface area contributed by atoms with Crippen molar-refractivity contribution in [2.24, 2.45) is 4.99 Å². The van der Waals surface area contributed by atoms with Crippen LogP contribution in [0.1, 0.15) is 34.3 Å². The number of aromatic nitrogens is 3. The van der Waals surface area contributed by atoms with Gasteiger partial charge in [-0.2, -0.15) is 0 Å². The van der Waals surface area contributed by atoms with Crippen molar-refractivity contribution in [3.05, 3.63) is 57.3 Å². The van der Waals surface area contributed by atoms with Crippen LogP contribution in [0.5, 0.6) is 0 Å². The van der Waals surface area contributed by atoms with E-state index in [1.807, 2.05) is 20.3 Å². The van der Waals surface area contributed by atoms with Gasteiger partial charge in [-0.05, 0) is 50.5 Å². The minimum atomic E-state index is 0.815. The molecular weight excluding hydrogens is 354 g/mol. The Morgan fingerprint density at radius 2 is 1.89 bits per heavy atom. The average Bonchev–Trinajstić information content (AvgIpc) is 3.11. The van der Waals surface area contributed by atoms with E-state index in [4.69, 9.17) is 4.98 Å². The zero-order valence-electron chi connectivity index (χ0n) is 16.5. The van der Waals surface area contributed by atoms with Crippen molar-refractivity contribution in [2.45, 2.75) is 34.1 Å². The minimum absolute atomic E-state index is 0.815. The summed E-state index contributed by atoms with van der Waals surface area (Å²) in [4.78, 5) is 20.2. The van der Waals surface area contributed by atoms with Crippen LogP contribution in [-0.4, -0.2) is 39.8 Å². The summed E-state index contributed by atoms with van der Waals surface area (Å²) >= 11 is 1.67. The molecule has 0 spiro atoms. The standard InChI is InChI=1S/C21H25N5S/c1-6-26(5)13-24-18-10-14(2)17(9-15(18)3)11-20-25-19(12-27-20)21-16(4)22-7-8-23-21/h7-10,12-13H,6,11H2,1-5H3/b24-13+. The van der Waals surface area contributed by atoms with Gasteiger partial charge >= 0.3 is 0 Å². The number of benzene rings is 1. The van der Waals surface area contributed by atoms with Gasteiger partial charge in [-0.15, -0.1) is 11.3 Å². The fourth-order valence-electron chi connectivity index (χ4n) is 2.76. The highest BCUT2D eigenvalue weighted by molar-refractivity contribution is 7.10. The first-order valence-electron chi connectivity index (χ1n) is 9.05. The van der Waals surface area contributed by atoms with Crippen LogP contribution in [0.15, 0.2) is 34.9 Å². The molecule has 0 radical (unpaired) electrons. The smallest absolute Gasteiger partial charge is 0.111 e. The summed E-state index contributed by atoms with van der Waals surface area (Å²) < 4.78 is 0. The second-order valence-electron chi connectivity index (χ2n) is 6.68. The number of rotatable bonds is 6. The van der Waals surface area contributed by atoms with Crippen LogP contribution >= 0.6 is 11.3 Å². The lowest BCUT2D eigenvalue weighted by atomic mass is 10.0. The molecule has 2 heterocycles. The lowest BCUT2D eigenvalue weighted by Crippen LogP contribution is -2.14. The highest BCUT2D eigenvalue weighted by Crippen LogP contribution is 2.27. The lowest BCUT2D eigenvalue weighted by Gasteiger charge is -2.11. The van der Waals surface area contributed by atoms with Crippen LogP contribution in [-0.2, 0) is 6.42 Å². The molecule has 140 valence electrons. The molecule has 3 aromatic rings. The Balaban J connectivity index is 1.81. The first kappa shape index (κ1) is 19.2.